The predicted molar refractivity (Wildman–Crippen MR) is 106 cm³/mol. The van der Waals surface area contributed by atoms with Gasteiger partial charge in [-0.05, 0) is 56.3 Å². The summed E-state index contributed by atoms with van der Waals surface area (Å²) in [6, 6.07) is 14.7. The number of nitrogens with one attached hydrogen (secondary N) is 2. The minimum Gasteiger partial charge on any atom is -0.449 e. The Hall–Kier alpha value is -4.12. The van der Waals surface area contributed by atoms with Crippen molar-refractivity contribution in [2.45, 2.75) is 20.0 Å². The number of aromatic nitrogens is 2. The van der Waals surface area contributed by atoms with Crippen molar-refractivity contribution in [3.05, 3.63) is 82.0 Å². The first kappa shape index (κ1) is 19.6. The number of ether oxygens (including phenoxy) is 1. The Labute approximate surface area is 166 Å². The zero-order chi connectivity index (χ0) is 21.0. The maximum absolute atomic E-state index is 12.3. The van der Waals surface area contributed by atoms with E-state index in [1.165, 1.54) is 29.7 Å². The van der Waals surface area contributed by atoms with Crippen molar-refractivity contribution >= 4 is 17.6 Å². The molecule has 0 saturated heterocycles. The van der Waals surface area contributed by atoms with Gasteiger partial charge in [0.2, 0.25) is 0 Å². The Morgan fingerprint density at radius 3 is 2.55 bits per heavy atom. The van der Waals surface area contributed by atoms with Gasteiger partial charge < -0.3 is 15.0 Å². The van der Waals surface area contributed by atoms with Gasteiger partial charge >= 0.3 is 11.7 Å². The number of nitriles is 1. The van der Waals surface area contributed by atoms with Gasteiger partial charge in [0.05, 0.1) is 22.9 Å². The molecule has 146 valence electrons. The monoisotopic (exact) mass is 390 g/mol. The molecule has 0 saturated carbocycles. The first-order valence-corrected chi connectivity index (χ1v) is 8.78. The fraction of sp³-hybridized carbons (Fsp3) is 0.143. The van der Waals surface area contributed by atoms with E-state index in [-0.39, 0.29) is 11.3 Å². The van der Waals surface area contributed by atoms with Gasteiger partial charge in [-0.3, -0.25) is 9.36 Å². The maximum Gasteiger partial charge on any atom is 0.338 e. The summed E-state index contributed by atoms with van der Waals surface area (Å²) in [5.74, 6) is -1.18. The van der Waals surface area contributed by atoms with Crippen LogP contribution in [0.15, 0.2) is 59.5 Å². The molecule has 0 bridgehead atoms. The molecular formula is C21H18N4O4. The van der Waals surface area contributed by atoms with Crippen LogP contribution in [0, 0.1) is 18.3 Å². The lowest BCUT2D eigenvalue weighted by Crippen LogP contribution is -2.30. The number of H-pyrrole nitrogens is 1. The van der Waals surface area contributed by atoms with Crippen LogP contribution in [0.25, 0.3) is 5.69 Å². The van der Waals surface area contributed by atoms with E-state index in [0.29, 0.717) is 16.9 Å². The van der Waals surface area contributed by atoms with Crippen molar-refractivity contribution in [2.24, 2.45) is 0 Å². The third-order valence-electron chi connectivity index (χ3n) is 4.23. The number of esters is 1. The van der Waals surface area contributed by atoms with Crippen LogP contribution in [-0.4, -0.2) is 27.5 Å². The molecule has 0 aliphatic rings. The van der Waals surface area contributed by atoms with Gasteiger partial charge in [0.1, 0.15) is 0 Å². The number of aromatic amines is 1. The minimum absolute atomic E-state index is 0.251. The lowest BCUT2D eigenvalue weighted by Gasteiger charge is -2.14. The Balaban J connectivity index is 1.65. The van der Waals surface area contributed by atoms with Crippen molar-refractivity contribution in [3.63, 3.8) is 0 Å². The summed E-state index contributed by atoms with van der Waals surface area (Å²) in [5, 5.41) is 11.5. The van der Waals surface area contributed by atoms with Gasteiger partial charge in [-0.2, -0.15) is 5.26 Å². The molecule has 1 amide bonds. The molecule has 0 radical (unpaired) electrons. The smallest absolute Gasteiger partial charge is 0.338 e. The zero-order valence-corrected chi connectivity index (χ0v) is 15.8. The molecule has 0 spiro atoms. The van der Waals surface area contributed by atoms with Gasteiger partial charge in [0.25, 0.3) is 5.91 Å². The van der Waals surface area contributed by atoms with Crippen LogP contribution in [0.2, 0.25) is 0 Å². The summed E-state index contributed by atoms with van der Waals surface area (Å²) in [6.07, 6.45) is 0.555. The van der Waals surface area contributed by atoms with Crippen LogP contribution in [0.3, 0.4) is 0 Å². The lowest BCUT2D eigenvalue weighted by molar-refractivity contribution is -0.123. The minimum atomic E-state index is -1.04. The number of anilines is 1. The number of hydrogen-bond donors (Lipinski definition) is 2. The molecule has 2 aromatic carbocycles. The van der Waals surface area contributed by atoms with Crippen molar-refractivity contribution < 1.29 is 14.3 Å². The van der Waals surface area contributed by atoms with Gasteiger partial charge in [-0.15, -0.1) is 0 Å². The molecule has 8 nitrogen and oxygen atoms in total. The molecule has 0 aliphatic carbocycles. The largest absolute Gasteiger partial charge is 0.449 e. The lowest BCUT2D eigenvalue weighted by atomic mass is 10.2. The number of carbonyl (C=O) groups excluding carboxylic acids is 2. The van der Waals surface area contributed by atoms with E-state index >= 15 is 0 Å². The van der Waals surface area contributed by atoms with Crippen LogP contribution in [0.5, 0.6) is 0 Å². The average molecular weight is 390 g/mol. The maximum atomic E-state index is 12.3. The Bertz CT molecular complexity index is 1150. The molecule has 2 N–H and O–H groups in total. The number of benzene rings is 2. The van der Waals surface area contributed by atoms with Crippen LogP contribution >= 0.6 is 0 Å². The molecule has 1 aromatic heterocycles. The summed E-state index contributed by atoms with van der Waals surface area (Å²) in [4.78, 5) is 39.0. The number of amides is 1. The first-order valence-electron chi connectivity index (χ1n) is 8.78. The number of imidazole rings is 1. The van der Waals surface area contributed by atoms with Crippen molar-refractivity contribution in [2.75, 3.05) is 5.32 Å². The molecule has 1 atom stereocenters. The van der Waals surface area contributed by atoms with Crippen molar-refractivity contribution in [1.82, 2.24) is 9.55 Å². The molecule has 1 heterocycles. The van der Waals surface area contributed by atoms with Gasteiger partial charge in [0, 0.05) is 17.6 Å². The quantitative estimate of drug-likeness (QED) is 0.649. The molecule has 3 aromatic rings. The molecule has 1 unspecified atom stereocenters. The molecular weight excluding hydrogens is 372 g/mol. The van der Waals surface area contributed by atoms with E-state index in [1.807, 2.05) is 6.07 Å². The molecule has 0 fully saturated rings. The Morgan fingerprint density at radius 1 is 1.21 bits per heavy atom. The standard InChI is InChI=1S/C21H18N4O4/c1-13-12-23-21(28)25(13)18-8-6-16(7-9-18)20(27)29-14(2)19(26)24-17-5-3-4-15(10-17)11-22/h3-10,12,14H,1-2H3,(H,23,28)(H,24,26). The Morgan fingerprint density at radius 2 is 1.93 bits per heavy atom. The van der Waals surface area contributed by atoms with Crippen LogP contribution in [0.4, 0.5) is 5.69 Å². The fourth-order valence-corrected chi connectivity index (χ4v) is 2.72. The molecule has 8 heteroatoms. The highest BCUT2D eigenvalue weighted by Gasteiger charge is 2.19. The molecule has 29 heavy (non-hydrogen) atoms. The second-order valence-corrected chi connectivity index (χ2v) is 6.35. The highest BCUT2D eigenvalue weighted by atomic mass is 16.5. The number of aryl methyl sites for hydroxylation is 1. The topological polar surface area (TPSA) is 117 Å². The average Bonchev–Trinajstić information content (AvgIpc) is 3.06. The highest BCUT2D eigenvalue weighted by molar-refractivity contribution is 5.97. The summed E-state index contributed by atoms with van der Waals surface area (Å²) >= 11 is 0. The second kappa shape index (κ2) is 8.27. The highest BCUT2D eigenvalue weighted by Crippen LogP contribution is 2.13. The third-order valence-corrected chi connectivity index (χ3v) is 4.23. The van der Waals surface area contributed by atoms with Crippen molar-refractivity contribution in [3.8, 4) is 11.8 Å². The first-order chi connectivity index (χ1) is 13.9. The normalized spacial score (nSPS) is 11.3. The fourth-order valence-electron chi connectivity index (χ4n) is 2.72. The molecule has 0 aliphatic heterocycles. The van der Waals surface area contributed by atoms with Crippen LogP contribution in [0.1, 0.15) is 28.5 Å². The van der Waals surface area contributed by atoms with E-state index < -0.39 is 18.0 Å². The van der Waals surface area contributed by atoms with Crippen molar-refractivity contribution in [1.29, 1.82) is 5.26 Å². The van der Waals surface area contributed by atoms with E-state index in [0.717, 1.165) is 5.69 Å². The van der Waals surface area contributed by atoms with E-state index in [1.54, 1.807) is 43.5 Å². The summed E-state index contributed by atoms with van der Waals surface area (Å²) < 4.78 is 6.69. The number of rotatable bonds is 5. The number of carbonyl (C=O) groups is 2. The zero-order valence-electron chi connectivity index (χ0n) is 15.8. The van der Waals surface area contributed by atoms with E-state index in [9.17, 15) is 14.4 Å². The van der Waals surface area contributed by atoms with Gasteiger partial charge in [-0.25, -0.2) is 9.59 Å². The molecule has 3 rings (SSSR count). The van der Waals surface area contributed by atoms with Crippen LogP contribution in [-0.2, 0) is 9.53 Å². The number of hydrogen-bond acceptors (Lipinski definition) is 5. The SMILES string of the molecule is Cc1c[nH]c(=O)n1-c1ccc(C(=O)OC(C)C(=O)Nc2cccc(C#N)c2)cc1. The predicted octanol–water partition coefficient (Wildman–Crippen LogP) is 2.53. The van der Waals surface area contributed by atoms with E-state index in [2.05, 4.69) is 10.3 Å². The second-order valence-electron chi connectivity index (χ2n) is 6.35. The summed E-state index contributed by atoms with van der Waals surface area (Å²) in [7, 11) is 0. The summed E-state index contributed by atoms with van der Waals surface area (Å²) in [6.45, 7) is 3.24. The summed E-state index contributed by atoms with van der Waals surface area (Å²) in [5.41, 5.74) is 2.16. The van der Waals surface area contributed by atoms with Gasteiger partial charge in [0.15, 0.2) is 6.10 Å². The van der Waals surface area contributed by atoms with Crippen LogP contribution < -0.4 is 11.0 Å². The van der Waals surface area contributed by atoms with Gasteiger partial charge in [-0.1, -0.05) is 6.07 Å². The third kappa shape index (κ3) is 4.42. The Kier molecular flexibility index (Phi) is 5.60. The number of nitrogens with zero attached hydrogens (tertiary/aromatic N) is 2. The van der Waals surface area contributed by atoms with E-state index in [4.69, 9.17) is 10.00 Å².